The van der Waals surface area contributed by atoms with Crippen LogP contribution in [0.2, 0.25) is 10.0 Å². The Kier molecular flexibility index (Phi) is 5.95. The van der Waals surface area contributed by atoms with Gasteiger partial charge >= 0.3 is 0 Å². The van der Waals surface area contributed by atoms with Gasteiger partial charge in [0.1, 0.15) is 6.61 Å². The molecule has 0 radical (unpaired) electrons. The van der Waals surface area contributed by atoms with Gasteiger partial charge in [-0.3, -0.25) is 4.40 Å². The van der Waals surface area contributed by atoms with E-state index in [1.807, 2.05) is 40.2 Å². The average molecular weight is 478 g/mol. The summed E-state index contributed by atoms with van der Waals surface area (Å²) in [5.74, 6) is 0. The number of nitrogens with zero attached hydrogens (tertiary/aromatic N) is 3. The van der Waals surface area contributed by atoms with Crippen LogP contribution in [0.4, 0.5) is 0 Å². The molecule has 0 aliphatic carbocycles. The van der Waals surface area contributed by atoms with E-state index in [-0.39, 0.29) is 0 Å². The Morgan fingerprint density at radius 2 is 1.66 bits per heavy atom. The summed E-state index contributed by atoms with van der Waals surface area (Å²) in [7, 11) is 0. The molecule has 0 saturated heterocycles. The van der Waals surface area contributed by atoms with Crippen molar-refractivity contribution in [1.82, 2.24) is 9.38 Å². The SMILES string of the molecule is Clc1ccc(CON=Cc2c(-c3ccc(-c4ccccc4)cc3)nc3sccn23)cc1Cl. The Balaban J connectivity index is 1.39. The van der Waals surface area contributed by atoms with E-state index in [4.69, 9.17) is 33.0 Å². The highest BCUT2D eigenvalue weighted by atomic mass is 35.5. The first-order valence-corrected chi connectivity index (χ1v) is 11.5. The van der Waals surface area contributed by atoms with E-state index in [1.165, 1.54) is 5.56 Å². The van der Waals surface area contributed by atoms with Gasteiger partial charge in [0.15, 0.2) is 4.96 Å². The van der Waals surface area contributed by atoms with Gasteiger partial charge in [-0.15, -0.1) is 11.3 Å². The molecule has 5 rings (SSSR count). The van der Waals surface area contributed by atoms with Gasteiger partial charge < -0.3 is 4.84 Å². The Labute approximate surface area is 199 Å². The third-order valence-corrected chi connectivity index (χ3v) is 6.52. The molecule has 0 spiro atoms. The van der Waals surface area contributed by atoms with Crippen molar-refractivity contribution in [2.45, 2.75) is 6.61 Å². The molecule has 2 heterocycles. The van der Waals surface area contributed by atoms with Gasteiger partial charge in [-0.2, -0.15) is 0 Å². The summed E-state index contributed by atoms with van der Waals surface area (Å²) in [5.41, 5.74) is 5.98. The first-order valence-electron chi connectivity index (χ1n) is 9.90. The van der Waals surface area contributed by atoms with Crippen LogP contribution in [0.15, 0.2) is 89.5 Å². The van der Waals surface area contributed by atoms with Gasteiger partial charge in [-0.05, 0) is 28.8 Å². The summed E-state index contributed by atoms with van der Waals surface area (Å²) >= 11 is 13.6. The molecule has 0 atom stereocenters. The minimum atomic E-state index is 0.292. The lowest BCUT2D eigenvalue weighted by molar-refractivity contribution is 0.132. The second kappa shape index (κ2) is 9.17. The lowest BCUT2D eigenvalue weighted by Gasteiger charge is -2.04. The molecule has 5 aromatic rings. The van der Waals surface area contributed by atoms with E-state index in [1.54, 1.807) is 29.7 Å². The summed E-state index contributed by atoms with van der Waals surface area (Å²) in [6, 6.07) is 24.1. The van der Waals surface area contributed by atoms with Crippen LogP contribution in [0.5, 0.6) is 0 Å². The van der Waals surface area contributed by atoms with Gasteiger partial charge in [0.05, 0.1) is 27.6 Å². The maximum atomic E-state index is 6.06. The van der Waals surface area contributed by atoms with E-state index < -0.39 is 0 Å². The normalized spacial score (nSPS) is 11.4. The van der Waals surface area contributed by atoms with E-state index in [0.29, 0.717) is 16.7 Å². The Bertz CT molecular complexity index is 1390. The Morgan fingerprint density at radius 3 is 2.44 bits per heavy atom. The van der Waals surface area contributed by atoms with Crippen molar-refractivity contribution in [3.8, 4) is 22.4 Å². The van der Waals surface area contributed by atoms with Gasteiger partial charge in [0.2, 0.25) is 0 Å². The molecule has 0 fully saturated rings. The zero-order valence-electron chi connectivity index (χ0n) is 16.8. The summed E-state index contributed by atoms with van der Waals surface area (Å²) < 4.78 is 2.01. The zero-order chi connectivity index (χ0) is 21.9. The van der Waals surface area contributed by atoms with Gasteiger partial charge in [0.25, 0.3) is 0 Å². The van der Waals surface area contributed by atoms with Crippen LogP contribution in [-0.2, 0) is 11.4 Å². The maximum Gasteiger partial charge on any atom is 0.194 e. The highest BCUT2D eigenvalue weighted by molar-refractivity contribution is 7.15. The quantitative estimate of drug-likeness (QED) is 0.186. The fraction of sp³-hybridized carbons (Fsp3) is 0.0400. The van der Waals surface area contributed by atoms with Crippen LogP contribution in [0.25, 0.3) is 27.3 Å². The zero-order valence-corrected chi connectivity index (χ0v) is 19.1. The molecule has 4 nitrogen and oxygen atoms in total. The molecule has 7 heteroatoms. The van der Waals surface area contributed by atoms with Crippen LogP contribution in [0.1, 0.15) is 11.3 Å². The third-order valence-electron chi connectivity index (χ3n) is 5.03. The largest absolute Gasteiger partial charge is 0.391 e. The number of fused-ring (bicyclic) bond motifs is 1. The lowest BCUT2D eigenvalue weighted by Crippen LogP contribution is -1.93. The molecule has 0 N–H and O–H groups in total. The minimum Gasteiger partial charge on any atom is -0.391 e. The predicted molar refractivity (Wildman–Crippen MR) is 133 cm³/mol. The molecule has 0 amide bonds. The number of oxime groups is 1. The summed E-state index contributed by atoms with van der Waals surface area (Å²) in [5, 5.41) is 7.19. The van der Waals surface area contributed by atoms with Crippen LogP contribution >= 0.6 is 34.5 Å². The molecular formula is C25H17Cl2N3OS. The number of thiazole rings is 1. The summed E-state index contributed by atoms with van der Waals surface area (Å²) in [6.45, 7) is 0.292. The maximum absolute atomic E-state index is 6.06. The van der Waals surface area contributed by atoms with Crippen molar-refractivity contribution >= 4 is 45.7 Å². The standard InChI is InChI=1S/C25H17Cl2N3OS/c26-21-11-6-17(14-22(21)27)16-31-28-15-23-24(29-25-30(23)12-13-32-25)20-9-7-19(8-10-20)18-4-2-1-3-5-18/h1-15H,16H2. The van der Waals surface area contributed by atoms with Crippen LogP contribution in [-0.4, -0.2) is 15.6 Å². The van der Waals surface area contributed by atoms with Crippen molar-refractivity contribution in [1.29, 1.82) is 0 Å². The summed E-state index contributed by atoms with van der Waals surface area (Å²) in [6.07, 6.45) is 3.68. The van der Waals surface area contributed by atoms with Crippen molar-refractivity contribution in [3.05, 3.63) is 106 Å². The number of hydrogen-bond acceptors (Lipinski definition) is 4. The Hall–Kier alpha value is -3.12. The fourth-order valence-electron chi connectivity index (χ4n) is 3.42. The van der Waals surface area contributed by atoms with Crippen LogP contribution in [0, 0.1) is 0 Å². The molecule has 2 aromatic heterocycles. The molecule has 0 aliphatic heterocycles. The predicted octanol–water partition coefficient (Wildman–Crippen LogP) is 7.59. The van der Waals surface area contributed by atoms with E-state index in [2.05, 4.69) is 41.6 Å². The number of imidazole rings is 1. The topological polar surface area (TPSA) is 38.9 Å². The molecule has 0 aliphatic rings. The van der Waals surface area contributed by atoms with Crippen molar-refractivity contribution < 1.29 is 4.84 Å². The molecule has 0 unspecified atom stereocenters. The lowest BCUT2D eigenvalue weighted by atomic mass is 10.0. The third kappa shape index (κ3) is 4.28. The van der Waals surface area contributed by atoms with Gasteiger partial charge in [-0.25, -0.2) is 4.98 Å². The molecule has 32 heavy (non-hydrogen) atoms. The highest BCUT2D eigenvalue weighted by Gasteiger charge is 2.14. The van der Waals surface area contributed by atoms with Crippen LogP contribution < -0.4 is 0 Å². The minimum absolute atomic E-state index is 0.292. The molecule has 0 bridgehead atoms. The van der Waals surface area contributed by atoms with Gasteiger partial charge in [-0.1, -0.05) is 89.0 Å². The number of aromatic nitrogens is 2. The summed E-state index contributed by atoms with van der Waals surface area (Å²) in [4.78, 5) is 11.2. The van der Waals surface area contributed by atoms with E-state index >= 15 is 0 Å². The second-order valence-electron chi connectivity index (χ2n) is 7.10. The van der Waals surface area contributed by atoms with Crippen molar-refractivity contribution in [2.24, 2.45) is 5.16 Å². The molecular weight excluding hydrogens is 461 g/mol. The van der Waals surface area contributed by atoms with Crippen molar-refractivity contribution in [3.63, 3.8) is 0 Å². The average Bonchev–Trinajstić information content (AvgIpc) is 3.42. The van der Waals surface area contributed by atoms with E-state index in [9.17, 15) is 0 Å². The van der Waals surface area contributed by atoms with Crippen LogP contribution in [0.3, 0.4) is 0 Å². The smallest absolute Gasteiger partial charge is 0.194 e. The number of hydrogen-bond donors (Lipinski definition) is 0. The molecule has 3 aromatic carbocycles. The second-order valence-corrected chi connectivity index (χ2v) is 8.79. The number of rotatable bonds is 6. The van der Waals surface area contributed by atoms with Crippen molar-refractivity contribution in [2.75, 3.05) is 0 Å². The molecule has 158 valence electrons. The fourth-order valence-corrected chi connectivity index (χ4v) is 4.46. The highest BCUT2D eigenvalue weighted by Crippen LogP contribution is 2.28. The number of benzene rings is 3. The van der Waals surface area contributed by atoms with Gasteiger partial charge in [0, 0.05) is 17.1 Å². The molecule has 0 saturated carbocycles. The monoisotopic (exact) mass is 477 g/mol. The Morgan fingerprint density at radius 1 is 0.906 bits per heavy atom. The van der Waals surface area contributed by atoms with E-state index in [0.717, 1.165) is 33.0 Å². The first kappa shape index (κ1) is 20.8. The first-order chi connectivity index (χ1) is 15.7. The number of halogens is 2.